The van der Waals surface area contributed by atoms with Crippen molar-refractivity contribution < 1.29 is 19.0 Å². The molecular formula is C11H19N3O4. The first-order valence-electron chi connectivity index (χ1n) is 5.81. The van der Waals surface area contributed by atoms with Crippen LogP contribution < -0.4 is 0 Å². The van der Waals surface area contributed by atoms with Crippen molar-refractivity contribution in [2.75, 3.05) is 34.0 Å². The zero-order chi connectivity index (χ0) is 13.4. The lowest BCUT2D eigenvalue weighted by Crippen LogP contribution is -2.13. The Balaban J connectivity index is 2.55. The van der Waals surface area contributed by atoms with E-state index in [0.717, 1.165) is 5.69 Å². The van der Waals surface area contributed by atoms with Crippen molar-refractivity contribution in [1.29, 1.82) is 0 Å². The van der Waals surface area contributed by atoms with Gasteiger partial charge < -0.3 is 14.2 Å². The fraction of sp³-hybridized carbons (Fsp3) is 0.727. The smallest absolute Gasteiger partial charge is 0.360 e. The van der Waals surface area contributed by atoms with Gasteiger partial charge in [-0.1, -0.05) is 12.1 Å². The number of nitrogens with zero attached hydrogens (tertiary/aromatic N) is 3. The van der Waals surface area contributed by atoms with E-state index < -0.39 is 5.97 Å². The van der Waals surface area contributed by atoms with Gasteiger partial charge in [0.15, 0.2) is 5.69 Å². The molecule has 0 N–H and O–H groups in total. The molecule has 0 aliphatic carbocycles. The topological polar surface area (TPSA) is 75.5 Å². The van der Waals surface area contributed by atoms with Crippen molar-refractivity contribution in [1.82, 2.24) is 15.0 Å². The lowest BCUT2D eigenvalue weighted by Gasteiger charge is -2.06. The summed E-state index contributed by atoms with van der Waals surface area (Å²) in [6.07, 6.45) is 0.662. The van der Waals surface area contributed by atoms with Crippen LogP contribution in [0.15, 0.2) is 0 Å². The van der Waals surface area contributed by atoms with Gasteiger partial charge in [-0.25, -0.2) is 9.48 Å². The minimum absolute atomic E-state index is 0.275. The summed E-state index contributed by atoms with van der Waals surface area (Å²) in [6, 6.07) is 0. The van der Waals surface area contributed by atoms with E-state index in [2.05, 4.69) is 15.0 Å². The van der Waals surface area contributed by atoms with E-state index in [9.17, 15) is 4.79 Å². The Hall–Kier alpha value is -1.47. The van der Waals surface area contributed by atoms with Gasteiger partial charge in [-0.2, -0.15) is 0 Å². The fourth-order valence-corrected chi connectivity index (χ4v) is 1.51. The van der Waals surface area contributed by atoms with Crippen LogP contribution in [0, 0.1) is 0 Å². The molecule has 0 aromatic carbocycles. The molecule has 1 rings (SSSR count). The van der Waals surface area contributed by atoms with Crippen LogP contribution in [0.2, 0.25) is 0 Å². The second kappa shape index (κ2) is 7.78. The average molecular weight is 257 g/mol. The molecule has 1 heterocycles. The Labute approximate surface area is 106 Å². The van der Waals surface area contributed by atoms with Gasteiger partial charge in [0.05, 0.1) is 39.2 Å². The van der Waals surface area contributed by atoms with Gasteiger partial charge in [-0.3, -0.25) is 0 Å². The molecule has 1 aromatic rings. The van der Waals surface area contributed by atoms with Gasteiger partial charge in [0, 0.05) is 7.11 Å². The summed E-state index contributed by atoms with van der Waals surface area (Å²) in [5.74, 6) is -0.460. The van der Waals surface area contributed by atoms with Crippen molar-refractivity contribution >= 4 is 5.97 Å². The van der Waals surface area contributed by atoms with E-state index in [4.69, 9.17) is 9.47 Å². The highest BCUT2D eigenvalue weighted by atomic mass is 16.5. The summed E-state index contributed by atoms with van der Waals surface area (Å²) in [5.41, 5.74) is 1.04. The van der Waals surface area contributed by atoms with Crippen LogP contribution in [0.4, 0.5) is 0 Å². The van der Waals surface area contributed by atoms with Crippen LogP contribution in [0.1, 0.15) is 23.1 Å². The van der Waals surface area contributed by atoms with Crippen LogP contribution in [0.3, 0.4) is 0 Å². The summed E-state index contributed by atoms with van der Waals surface area (Å²) < 4.78 is 16.5. The van der Waals surface area contributed by atoms with E-state index in [1.165, 1.54) is 7.11 Å². The van der Waals surface area contributed by atoms with Crippen molar-refractivity contribution in [2.45, 2.75) is 19.9 Å². The molecule has 102 valence electrons. The molecule has 0 aliphatic rings. The lowest BCUT2D eigenvalue weighted by atomic mass is 10.2. The minimum atomic E-state index is -0.460. The summed E-state index contributed by atoms with van der Waals surface area (Å²) in [4.78, 5) is 11.4. The maximum absolute atomic E-state index is 11.4. The Kier molecular flexibility index (Phi) is 6.31. The Bertz CT molecular complexity index is 378. The van der Waals surface area contributed by atoms with Crippen LogP contribution >= 0.6 is 0 Å². The minimum Gasteiger partial charge on any atom is -0.464 e. The quantitative estimate of drug-likeness (QED) is 0.492. The van der Waals surface area contributed by atoms with Gasteiger partial charge in [-0.15, -0.1) is 5.10 Å². The second-order valence-electron chi connectivity index (χ2n) is 3.56. The van der Waals surface area contributed by atoms with Crippen LogP contribution in [-0.4, -0.2) is 55.0 Å². The predicted molar refractivity (Wildman–Crippen MR) is 63.4 cm³/mol. The largest absolute Gasteiger partial charge is 0.464 e. The number of rotatable bonds is 8. The lowest BCUT2D eigenvalue weighted by molar-refractivity contribution is 0.0591. The molecule has 0 atom stereocenters. The van der Waals surface area contributed by atoms with E-state index in [1.54, 1.807) is 11.8 Å². The number of esters is 1. The molecule has 0 saturated carbocycles. The third kappa shape index (κ3) is 3.78. The zero-order valence-corrected chi connectivity index (χ0v) is 11.0. The molecule has 0 bridgehead atoms. The standard InChI is InChI=1S/C11H19N3O4/c1-4-9-10(11(15)17-3)12-13-14(9)5-6-18-8-7-16-2/h4-8H2,1-3H3. The normalized spacial score (nSPS) is 10.6. The van der Waals surface area contributed by atoms with Crippen LogP contribution in [0.5, 0.6) is 0 Å². The van der Waals surface area contributed by atoms with Gasteiger partial charge in [0.1, 0.15) is 0 Å². The Morgan fingerprint density at radius 2 is 2.06 bits per heavy atom. The van der Waals surface area contributed by atoms with Crippen molar-refractivity contribution in [2.24, 2.45) is 0 Å². The molecule has 7 nitrogen and oxygen atoms in total. The molecule has 0 fully saturated rings. The molecule has 0 amide bonds. The highest BCUT2D eigenvalue weighted by Gasteiger charge is 2.18. The molecular weight excluding hydrogens is 238 g/mol. The predicted octanol–water partition coefficient (Wildman–Crippen LogP) is 0.290. The maximum atomic E-state index is 11.4. The number of hydrogen-bond donors (Lipinski definition) is 0. The van der Waals surface area contributed by atoms with Gasteiger partial charge in [0.25, 0.3) is 0 Å². The monoisotopic (exact) mass is 257 g/mol. The van der Waals surface area contributed by atoms with Gasteiger partial charge >= 0.3 is 5.97 Å². The summed E-state index contributed by atoms with van der Waals surface area (Å²) in [7, 11) is 2.95. The number of methoxy groups -OCH3 is 2. The molecule has 18 heavy (non-hydrogen) atoms. The molecule has 1 aromatic heterocycles. The summed E-state index contributed by atoms with van der Waals surface area (Å²) in [6.45, 7) is 4.09. The summed E-state index contributed by atoms with van der Waals surface area (Å²) >= 11 is 0. The Morgan fingerprint density at radius 3 is 2.67 bits per heavy atom. The van der Waals surface area contributed by atoms with Crippen molar-refractivity contribution in [3.05, 3.63) is 11.4 Å². The third-order valence-electron chi connectivity index (χ3n) is 2.43. The Morgan fingerprint density at radius 1 is 1.28 bits per heavy atom. The number of carbonyl (C=O) groups excluding carboxylic acids is 1. The highest BCUT2D eigenvalue weighted by Crippen LogP contribution is 2.07. The zero-order valence-electron chi connectivity index (χ0n) is 11.0. The average Bonchev–Trinajstić information content (AvgIpc) is 2.80. The number of ether oxygens (including phenoxy) is 3. The second-order valence-corrected chi connectivity index (χ2v) is 3.56. The first kappa shape index (κ1) is 14.6. The van der Waals surface area contributed by atoms with E-state index in [-0.39, 0.29) is 5.69 Å². The number of hydrogen-bond acceptors (Lipinski definition) is 6. The first-order chi connectivity index (χ1) is 8.74. The molecule has 0 spiro atoms. The van der Waals surface area contributed by atoms with E-state index >= 15 is 0 Å². The van der Waals surface area contributed by atoms with E-state index in [0.29, 0.717) is 32.8 Å². The molecule has 0 aliphatic heterocycles. The highest BCUT2D eigenvalue weighted by molar-refractivity contribution is 5.88. The molecule has 0 unspecified atom stereocenters. The van der Waals surface area contributed by atoms with Gasteiger partial charge in [-0.05, 0) is 6.42 Å². The third-order valence-corrected chi connectivity index (χ3v) is 2.43. The fourth-order valence-electron chi connectivity index (χ4n) is 1.51. The molecule has 0 radical (unpaired) electrons. The maximum Gasteiger partial charge on any atom is 0.360 e. The number of carbonyl (C=O) groups is 1. The van der Waals surface area contributed by atoms with Crippen molar-refractivity contribution in [3.8, 4) is 0 Å². The number of aromatic nitrogens is 3. The van der Waals surface area contributed by atoms with Crippen molar-refractivity contribution in [3.63, 3.8) is 0 Å². The van der Waals surface area contributed by atoms with E-state index in [1.807, 2.05) is 6.92 Å². The summed E-state index contributed by atoms with van der Waals surface area (Å²) in [5, 5.41) is 7.76. The molecule has 7 heteroatoms. The van der Waals surface area contributed by atoms with Crippen LogP contribution in [0.25, 0.3) is 0 Å². The molecule has 0 saturated heterocycles. The first-order valence-corrected chi connectivity index (χ1v) is 5.81. The SMILES string of the molecule is CCc1c(C(=O)OC)nnn1CCOCCOC. The van der Waals surface area contributed by atoms with Gasteiger partial charge in [0.2, 0.25) is 0 Å². The van der Waals surface area contributed by atoms with Crippen LogP contribution in [-0.2, 0) is 27.2 Å².